The van der Waals surface area contributed by atoms with E-state index in [1.807, 2.05) is 0 Å². The van der Waals surface area contributed by atoms with Crippen LogP contribution in [0.3, 0.4) is 0 Å². The molecule has 0 saturated carbocycles. The molecule has 11 heteroatoms. The highest BCUT2D eigenvalue weighted by Crippen LogP contribution is 2.32. The van der Waals surface area contributed by atoms with Crippen molar-refractivity contribution in [1.29, 1.82) is 0 Å². The molecule has 0 spiro atoms. The molecule has 1 aliphatic heterocycles. The largest absolute Gasteiger partial charge is 0.454 e. The maximum absolute atomic E-state index is 12.1. The second-order valence-corrected chi connectivity index (χ2v) is 5.06. The highest BCUT2D eigenvalue weighted by Gasteiger charge is 2.19. The van der Waals surface area contributed by atoms with Crippen LogP contribution in [0.2, 0.25) is 0 Å². The van der Waals surface area contributed by atoms with Gasteiger partial charge in [-0.2, -0.15) is 5.10 Å². The highest BCUT2D eigenvalue weighted by molar-refractivity contribution is 5.96. The molecule has 26 heavy (non-hydrogen) atoms. The number of fused-ring (bicyclic) bond motifs is 1. The lowest BCUT2D eigenvalue weighted by Crippen LogP contribution is -2.18. The minimum atomic E-state index is -0.825. The molecule has 0 bridgehead atoms. The average molecular weight is 358 g/mol. The summed E-state index contributed by atoms with van der Waals surface area (Å²) in [4.78, 5) is 32.1. The van der Waals surface area contributed by atoms with Gasteiger partial charge in [-0.3, -0.25) is 25.0 Å². The summed E-state index contributed by atoms with van der Waals surface area (Å²) in [6.45, 7) is 0.123. The molecule has 0 atom stereocenters. The Morgan fingerprint density at radius 1 is 1.04 bits per heavy atom. The molecule has 0 unspecified atom stereocenters. The average Bonchev–Trinajstić information content (AvgIpc) is 3.08. The number of amides is 1. The molecule has 1 N–H and O–H groups in total. The fraction of sp³-hybridized carbons (Fsp3) is 0.0667. The predicted molar refractivity (Wildman–Crippen MR) is 87.4 cm³/mol. The normalized spacial score (nSPS) is 12.2. The molecule has 2 aromatic carbocycles. The summed E-state index contributed by atoms with van der Waals surface area (Å²) in [5, 5.41) is 25.4. The third kappa shape index (κ3) is 3.56. The second-order valence-electron chi connectivity index (χ2n) is 5.06. The van der Waals surface area contributed by atoms with E-state index in [1.54, 1.807) is 18.2 Å². The summed E-state index contributed by atoms with van der Waals surface area (Å²) in [6, 6.07) is 7.64. The number of carbonyl (C=O) groups excluding carboxylic acids is 1. The molecule has 0 radical (unpaired) electrons. The number of hydrazone groups is 1. The minimum Gasteiger partial charge on any atom is -0.454 e. The zero-order valence-corrected chi connectivity index (χ0v) is 12.9. The minimum absolute atomic E-state index is 0.123. The van der Waals surface area contributed by atoms with Gasteiger partial charge < -0.3 is 9.47 Å². The molecule has 0 aromatic heterocycles. The summed E-state index contributed by atoms with van der Waals surface area (Å²) in [7, 11) is 0. The van der Waals surface area contributed by atoms with Crippen molar-refractivity contribution in [3.63, 3.8) is 0 Å². The zero-order valence-electron chi connectivity index (χ0n) is 12.9. The summed E-state index contributed by atoms with van der Waals surface area (Å²) < 4.78 is 10.4. The molecule has 1 amide bonds. The Bertz CT molecular complexity index is 909. The van der Waals surface area contributed by atoms with E-state index in [4.69, 9.17) is 9.47 Å². The van der Waals surface area contributed by atoms with Gasteiger partial charge in [0.2, 0.25) is 6.79 Å². The van der Waals surface area contributed by atoms with Gasteiger partial charge >= 0.3 is 0 Å². The topological polar surface area (TPSA) is 146 Å². The predicted octanol–water partition coefficient (Wildman–Crippen LogP) is 2.00. The van der Waals surface area contributed by atoms with Crippen molar-refractivity contribution in [2.45, 2.75) is 0 Å². The number of ether oxygens (including phenoxy) is 2. The maximum Gasteiger partial charge on any atom is 0.277 e. The van der Waals surface area contributed by atoms with E-state index >= 15 is 0 Å². The van der Waals surface area contributed by atoms with Gasteiger partial charge in [-0.15, -0.1) is 0 Å². The Labute approximate surface area is 145 Å². The van der Waals surface area contributed by atoms with Crippen molar-refractivity contribution in [2.24, 2.45) is 5.10 Å². The Balaban J connectivity index is 1.75. The fourth-order valence-electron chi connectivity index (χ4n) is 2.16. The van der Waals surface area contributed by atoms with Gasteiger partial charge in [-0.05, 0) is 23.8 Å². The first-order valence-electron chi connectivity index (χ1n) is 7.11. The number of non-ortho nitro benzene ring substituents is 2. The van der Waals surface area contributed by atoms with Gasteiger partial charge in [0.05, 0.1) is 27.7 Å². The lowest BCUT2D eigenvalue weighted by atomic mass is 10.1. The number of hydrogen-bond donors (Lipinski definition) is 1. The Morgan fingerprint density at radius 3 is 2.35 bits per heavy atom. The molecule has 0 fully saturated rings. The first kappa shape index (κ1) is 16.8. The van der Waals surface area contributed by atoms with Crippen molar-refractivity contribution < 1.29 is 24.1 Å². The summed E-state index contributed by atoms with van der Waals surface area (Å²) in [5.74, 6) is 0.304. The summed E-state index contributed by atoms with van der Waals surface area (Å²) >= 11 is 0. The third-order valence-electron chi connectivity index (χ3n) is 3.36. The lowest BCUT2D eigenvalue weighted by molar-refractivity contribution is -0.394. The number of nitrogens with zero attached hydrogens (tertiary/aromatic N) is 3. The van der Waals surface area contributed by atoms with E-state index in [0.717, 1.165) is 18.2 Å². The summed E-state index contributed by atoms with van der Waals surface area (Å²) in [5.41, 5.74) is 1.38. The van der Waals surface area contributed by atoms with Crippen molar-refractivity contribution in [2.75, 3.05) is 6.79 Å². The number of nitro groups is 2. The molecule has 0 aliphatic carbocycles. The van der Waals surface area contributed by atoms with Crippen molar-refractivity contribution in [3.05, 3.63) is 67.8 Å². The van der Waals surface area contributed by atoms with Crippen LogP contribution in [-0.4, -0.2) is 28.8 Å². The monoisotopic (exact) mass is 358 g/mol. The van der Waals surface area contributed by atoms with E-state index in [-0.39, 0.29) is 12.4 Å². The van der Waals surface area contributed by atoms with Crippen LogP contribution in [0.4, 0.5) is 11.4 Å². The van der Waals surface area contributed by atoms with Gasteiger partial charge in [0.25, 0.3) is 17.3 Å². The SMILES string of the molecule is O=C(NN=Cc1ccc2c(c1)OCO2)c1cc([N+](=O)[O-])cc([N+](=O)[O-])c1. The highest BCUT2D eigenvalue weighted by atomic mass is 16.7. The Kier molecular flexibility index (Phi) is 4.43. The molecule has 3 rings (SSSR count). The van der Waals surface area contributed by atoms with Gasteiger partial charge in [0.15, 0.2) is 11.5 Å². The number of nitro benzene ring substituents is 2. The molecular weight excluding hydrogens is 348 g/mol. The number of nitrogens with one attached hydrogen (secondary N) is 1. The number of hydrogen-bond acceptors (Lipinski definition) is 8. The number of rotatable bonds is 5. The second kappa shape index (κ2) is 6.84. The van der Waals surface area contributed by atoms with Crippen molar-refractivity contribution in [3.8, 4) is 11.5 Å². The Morgan fingerprint density at radius 2 is 1.69 bits per heavy atom. The van der Waals surface area contributed by atoms with E-state index in [0.29, 0.717) is 17.1 Å². The van der Waals surface area contributed by atoms with Gasteiger partial charge in [-0.25, -0.2) is 5.43 Å². The number of benzene rings is 2. The standard InChI is InChI=1S/C15H10N4O7/c20-15(10-4-11(18(21)22)6-12(5-10)19(23)24)17-16-7-9-1-2-13-14(3-9)26-8-25-13/h1-7H,8H2,(H,17,20). The van der Waals surface area contributed by atoms with E-state index in [9.17, 15) is 25.0 Å². The zero-order chi connectivity index (χ0) is 18.7. The van der Waals surface area contributed by atoms with Crippen LogP contribution < -0.4 is 14.9 Å². The van der Waals surface area contributed by atoms with Crippen molar-refractivity contribution in [1.82, 2.24) is 5.43 Å². The number of carbonyl (C=O) groups is 1. The van der Waals surface area contributed by atoms with Gasteiger partial charge in [0, 0.05) is 12.1 Å². The van der Waals surface area contributed by atoms with Crippen LogP contribution in [0.25, 0.3) is 0 Å². The molecule has 1 aliphatic rings. The first-order valence-corrected chi connectivity index (χ1v) is 7.11. The molecular formula is C15H10N4O7. The fourth-order valence-corrected chi connectivity index (χ4v) is 2.16. The molecule has 11 nitrogen and oxygen atoms in total. The van der Waals surface area contributed by atoms with E-state index < -0.39 is 27.1 Å². The lowest BCUT2D eigenvalue weighted by Gasteiger charge is -2.01. The van der Waals surface area contributed by atoms with Crippen LogP contribution in [0, 0.1) is 20.2 Å². The third-order valence-corrected chi connectivity index (χ3v) is 3.36. The summed E-state index contributed by atoms with van der Waals surface area (Å²) in [6.07, 6.45) is 1.33. The van der Waals surface area contributed by atoms with E-state index in [1.165, 1.54) is 6.21 Å². The molecule has 1 heterocycles. The van der Waals surface area contributed by atoms with Crippen molar-refractivity contribution >= 4 is 23.5 Å². The van der Waals surface area contributed by atoms with Crippen LogP contribution in [0.1, 0.15) is 15.9 Å². The first-order chi connectivity index (χ1) is 12.4. The Hall–Kier alpha value is -4.02. The van der Waals surface area contributed by atoms with Gasteiger partial charge in [0.1, 0.15) is 0 Å². The molecule has 2 aromatic rings. The van der Waals surface area contributed by atoms with Crippen LogP contribution >= 0.6 is 0 Å². The quantitative estimate of drug-likeness (QED) is 0.488. The smallest absolute Gasteiger partial charge is 0.277 e. The van der Waals surface area contributed by atoms with E-state index in [2.05, 4.69) is 10.5 Å². The van der Waals surface area contributed by atoms with Crippen LogP contribution in [-0.2, 0) is 0 Å². The molecule has 0 saturated heterocycles. The van der Waals surface area contributed by atoms with Crippen LogP contribution in [0.5, 0.6) is 11.5 Å². The van der Waals surface area contributed by atoms with Gasteiger partial charge in [-0.1, -0.05) is 0 Å². The molecule has 132 valence electrons. The maximum atomic E-state index is 12.1. The van der Waals surface area contributed by atoms with Crippen LogP contribution in [0.15, 0.2) is 41.5 Å².